The van der Waals surface area contributed by atoms with E-state index in [-0.39, 0.29) is 13.2 Å². The Morgan fingerprint density at radius 3 is 2.37 bits per heavy atom. The molecule has 0 unspecified atom stereocenters. The second-order valence-electron chi connectivity index (χ2n) is 4.19. The van der Waals surface area contributed by atoms with Crippen LogP contribution in [0.25, 0.3) is 0 Å². The van der Waals surface area contributed by atoms with Crippen LogP contribution in [-0.4, -0.2) is 10.8 Å². The summed E-state index contributed by atoms with van der Waals surface area (Å²) in [6, 6.07) is 13.3. The molecule has 0 aliphatic carbocycles. The number of rotatable bonds is 2. The van der Waals surface area contributed by atoms with Crippen LogP contribution in [0.15, 0.2) is 51.9 Å². The molecule has 0 aliphatic heterocycles. The Morgan fingerprint density at radius 1 is 1.11 bits per heavy atom. The van der Waals surface area contributed by atoms with Crippen LogP contribution in [0.5, 0.6) is 5.75 Å². The van der Waals surface area contributed by atoms with Crippen LogP contribution in [0.2, 0.25) is 0 Å². The first-order valence-corrected chi connectivity index (χ1v) is 6.46. The van der Waals surface area contributed by atoms with E-state index in [2.05, 4.69) is 20.9 Å². The van der Waals surface area contributed by atoms with Crippen LogP contribution in [0.3, 0.4) is 0 Å². The number of aliphatic imine (C=N–C) groups is 1. The van der Waals surface area contributed by atoms with Crippen LogP contribution in [-0.2, 0) is 0 Å². The van der Waals surface area contributed by atoms with Gasteiger partial charge in [-0.25, -0.2) is 0 Å². The predicted octanol–water partition coefficient (Wildman–Crippen LogP) is 5.24. The van der Waals surface area contributed by atoms with Crippen molar-refractivity contribution in [1.29, 1.82) is 0 Å². The van der Waals surface area contributed by atoms with Gasteiger partial charge in [-0.2, -0.15) is 0 Å². The summed E-state index contributed by atoms with van der Waals surface area (Å²) in [7, 11) is 0. The first-order chi connectivity index (χ1) is 8.56. The van der Waals surface area contributed by atoms with Crippen molar-refractivity contribution in [3.8, 4) is 5.75 Å². The van der Waals surface area contributed by atoms with Gasteiger partial charge in [0.1, 0.15) is 5.75 Å². The lowest BCUT2D eigenvalue weighted by Crippen LogP contribution is -1.94. The SMILES string of the molecule is C.CC(=Nc1ccc(C)cc1)c1cc(Br)ccc1O. The minimum absolute atomic E-state index is 0. The van der Waals surface area contributed by atoms with Gasteiger partial charge in [0.05, 0.1) is 5.69 Å². The fraction of sp³-hybridized carbons (Fsp3) is 0.188. The van der Waals surface area contributed by atoms with Crippen LogP contribution in [0.4, 0.5) is 5.69 Å². The largest absolute Gasteiger partial charge is 0.507 e. The van der Waals surface area contributed by atoms with E-state index in [9.17, 15) is 5.11 Å². The highest BCUT2D eigenvalue weighted by Gasteiger charge is 2.05. The molecule has 2 aromatic rings. The minimum atomic E-state index is 0. The molecule has 0 radical (unpaired) electrons. The Hall–Kier alpha value is -1.61. The molecule has 19 heavy (non-hydrogen) atoms. The van der Waals surface area contributed by atoms with E-state index in [4.69, 9.17) is 0 Å². The molecule has 0 aliphatic rings. The molecule has 2 aromatic carbocycles. The normalized spacial score (nSPS) is 11.0. The van der Waals surface area contributed by atoms with Crippen LogP contribution in [0, 0.1) is 6.92 Å². The average molecular weight is 320 g/mol. The summed E-state index contributed by atoms with van der Waals surface area (Å²) < 4.78 is 0.925. The second-order valence-corrected chi connectivity index (χ2v) is 5.11. The zero-order valence-corrected chi connectivity index (χ0v) is 11.9. The lowest BCUT2D eigenvalue weighted by molar-refractivity contribution is 0.474. The van der Waals surface area contributed by atoms with Crippen molar-refractivity contribution < 1.29 is 5.11 Å². The highest BCUT2D eigenvalue weighted by molar-refractivity contribution is 9.10. The number of halogens is 1. The van der Waals surface area contributed by atoms with Crippen molar-refractivity contribution in [1.82, 2.24) is 0 Å². The fourth-order valence-electron chi connectivity index (χ4n) is 1.67. The summed E-state index contributed by atoms with van der Waals surface area (Å²) in [4.78, 5) is 4.51. The number of aromatic hydroxyl groups is 1. The molecule has 0 bridgehead atoms. The molecule has 1 N–H and O–H groups in total. The van der Waals surface area contributed by atoms with E-state index in [0.717, 1.165) is 21.4 Å². The standard InChI is InChI=1S/C15H14BrNO.CH4/c1-10-3-6-13(7-4-10)17-11(2)14-9-12(16)5-8-15(14)18;/h3-9,18H,1-2H3;1H4. The van der Waals surface area contributed by atoms with Crippen molar-refractivity contribution >= 4 is 27.3 Å². The van der Waals surface area contributed by atoms with Crippen molar-refractivity contribution in [2.75, 3.05) is 0 Å². The second kappa shape index (κ2) is 6.53. The topological polar surface area (TPSA) is 32.6 Å². The van der Waals surface area contributed by atoms with E-state index in [1.165, 1.54) is 5.56 Å². The van der Waals surface area contributed by atoms with Gasteiger partial charge in [0.15, 0.2) is 0 Å². The van der Waals surface area contributed by atoms with Crippen LogP contribution >= 0.6 is 15.9 Å². The molecule has 3 heteroatoms. The lowest BCUT2D eigenvalue weighted by Gasteiger charge is -2.05. The highest BCUT2D eigenvalue weighted by atomic mass is 79.9. The van der Waals surface area contributed by atoms with Gasteiger partial charge in [-0.15, -0.1) is 0 Å². The number of nitrogens with zero attached hydrogens (tertiary/aromatic N) is 1. The molecule has 0 heterocycles. The van der Waals surface area contributed by atoms with Crippen molar-refractivity contribution in [3.63, 3.8) is 0 Å². The minimum Gasteiger partial charge on any atom is -0.507 e. The number of phenols is 1. The number of benzene rings is 2. The van der Waals surface area contributed by atoms with Gasteiger partial charge in [-0.3, -0.25) is 4.99 Å². The van der Waals surface area contributed by atoms with E-state index in [0.29, 0.717) is 0 Å². The van der Waals surface area contributed by atoms with Crippen molar-refractivity contribution in [2.24, 2.45) is 4.99 Å². The van der Waals surface area contributed by atoms with Gasteiger partial charge in [-0.05, 0) is 44.2 Å². The van der Waals surface area contributed by atoms with E-state index in [1.807, 2.05) is 44.2 Å². The highest BCUT2D eigenvalue weighted by Crippen LogP contribution is 2.24. The maximum atomic E-state index is 9.83. The smallest absolute Gasteiger partial charge is 0.124 e. The fourth-order valence-corrected chi connectivity index (χ4v) is 2.03. The molecule has 0 saturated heterocycles. The van der Waals surface area contributed by atoms with E-state index in [1.54, 1.807) is 12.1 Å². The van der Waals surface area contributed by atoms with Crippen molar-refractivity contribution in [2.45, 2.75) is 21.3 Å². The van der Waals surface area contributed by atoms with Gasteiger partial charge in [0.2, 0.25) is 0 Å². The number of aryl methyl sites for hydroxylation is 1. The summed E-state index contributed by atoms with van der Waals surface area (Å²) >= 11 is 3.39. The Morgan fingerprint density at radius 2 is 1.74 bits per heavy atom. The zero-order chi connectivity index (χ0) is 13.1. The lowest BCUT2D eigenvalue weighted by atomic mass is 10.1. The third-order valence-electron chi connectivity index (χ3n) is 2.68. The maximum Gasteiger partial charge on any atom is 0.124 e. The molecule has 0 atom stereocenters. The van der Waals surface area contributed by atoms with Gasteiger partial charge >= 0.3 is 0 Å². The molecule has 0 saturated carbocycles. The number of hydrogen-bond donors (Lipinski definition) is 1. The summed E-state index contributed by atoms with van der Waals surface area (Å²) in [5.74, 6) is 0.242. The van der Waals surface area contributed by atoms with E-state index < -0.39 is 0 Å². The zero-order valence-electron chi connectivity index (χ0n) is 10.3. The third-order valence-corrected chi connectivity index (χ3v) is 3.17. The summed E-state index contributed by atoms with van der Waals surface area (Å²) in [5, 5.41) is 9.83. The predicted molar refractivity (Wildman–Crippen MR) is 85.6 cm³/mol. The van der Waals surface area contributed by atoms with E-state index >= 15 is 0 Å². The van der Waals surface area contributed by atoms with Crippen LogP contribution < -0.4 is 0 Å². The van der Waals surface area contributed by atoms with Gasteiger partial charge in [0, 0.05) is 15.7 Å². The first kappa shape index (κ1) is 15.4. The number of phenolic OH excluding ortho intramolecular Hbond substituents is 1. The maximum absolute atomic E-state index is 9.83. The van der Waals surface area contributed by atoms with Gasteiger partial charge < -0.3 is 5.11 Å². The molecule has 0 spiro atoms. The Kier molecular flexibility index (Phi) is 5.31. The van der Waals surface area contributed by atoms with Crippen molar-refractivity contribution in [3.05, 3.63) is 58.1 Å². The van der Waals surface area contributed by atoms with Gasteiger partial charge in [0.25, 0.3) is 0 Å². The Labute approximate surface area is 123 Å². The van der Waals surface area contributed by atoms with Gasteiger partial charge in [-0.1, -0.05) is 41.1 Å². The molecule has 100 valence electrons. The molecular weight excluding hydrogens is 302 g/mol. The molecule has 2 nitrogen and oxygen atoms in total. The molecule has 0 amide bonds. The summed E-state index contributed by atoms with van der Waals surface area (Å²) in [5.41, 5.74) is 3.62. The first-order valence-electron chi connectivity index (χ1n) is 5.67. The Balaban J connectivity index is 0.00000180. The van der Waals surface area contributed by atoms with Crippen LogP contribution in [0.1, 0.15) is 25.5 Å². The Bertz CT molecular complexity index is 588. The molecule has 2 rings (SSSR count). The average Bonchev–Trinajstić information content (AvgIpc) is 2.35. The quantitative estimate of drug-likeness (QED) is 0.754. The summed E-state index contributed by atoms with van der Waals surface area (Å²) in [6.07, 6.45) is 0. The third kappa shape index (κ3) is 3.93. The monoisotopic (exact) mass is 319 g/mol. The summed E-state index contributed by atoms with van der Waals surface area (Å²) in [6.45, 7) is 3.93. The molecule has 0 fully saturated rings. The number of hydrogen-bond acceptors (Lipinski definition) is 2. The molecular formula is C16H18BrNO. The molecule has 0 aromatic heterocycles.